The third kappa shape index (κ3) is 4.64. The first-order valence-electron chi connectivity index (χ1n) is 10.00. The molecule has 0 unspecified atom stereocenters. The number of piperazine rings is 1. The molecule has 1 fully saturated rings. The zero-order chi connectivity index (χ0) is 21.8. The van der Waals surface area contributed by atoms with Crippen molar-refractivity contribution < 1.29 is 19.0 Å². The molecule has 0 radical (unpaired) electrons. The minimum Gasteiger partial charge on any atom is -0.497 e. The number of methoxy groups -OCH3 is 3. The van der Waals surface area contributed by atoms with E-state index in [-0.39, 0.29) is 5.91 Å². The van der Waals surface area contributed by atoms with Crippen LogP contribution in [0.3, 0.4) is 0 Å². The Morgan fingerprint density at radius 3 is 2.19 bits per heavy atom. The summed E-state index contributed by atoms with van der Waals surface area (Å²) in [4.78, 5) is 21.9. The van der Waals surface area contributed by atoms with Gasteiger partial charge >= 0.3 is 0 Å². The summed E-state index contributed by atoms with van der Waals surface area (Å²) in [7, 11) is 4.86. The molecule has 1 amide bonds. The predicted octanol–water partition coefficient (Wildman–Crippen LogP) is 3.50. The van der Waals surface area contributed by atoms with Gasteiger partial charge in [-0.15, -0.1) is 0 Å². The number of hydrogen-bond donors (Lipinski definition) is 0. The first-order valence-corrected chi connectivity index (χ1v) is 10.8. The van der Waals surface area contributed by atoms with E-state index in [0.29, 0.717) is 16.4 Å². The summed E-state index contributed by atoms with van der Waals surface area (Å²) in [5.74, 6) is 1.93. The minimum atomic E-state index is -0.202. The van der Waals surface area contributed by atoms with E-state index in [9.17, 15) is 4.79 Å². The highest BCUT2D eigenvalue weighted by Crippen LogP contribution is 2.33. The summed E-state index contributed by atoms with van der Waals surface area (Å²) in [6, 6.07) is 13.7. The number of hydrogen-bond acceptors (Lipinski definition) is 7. The highest BCUT2D eigenvalue weighted by atomic mass is 32.2. The van der Waals surface area contributed by atoms with Crippen LogP contribution in [0.1, 0.15) is 5.56 Å². The Kier molecular flexibility index (Phi) is 6.36. The van der Waals surface area contributed by atoms with Crippen molar-refractivity contribution >= 4 is 34.6 Å². The van der Waals surface area contributed by atoms with Crippen LogP contribution in [-0.4, -0.2) is 63.5 Å². The van der Waals surface area contributed by atoms with E-state index in [1.165, 1.54) is 17.4 Å². The van der Waals surface area contributed by atoms with Gasteiger partial charge in [0.05, 0.1) is 26.2 Å². The summed E-state index contributed by atoms with van der Waals surface area (Å²) in [6.45, 7) is 3.37. The van der Waals surface area contributed by atoms with Crippen LogP contribution in [-0.2, 0) is 4.79 Å². The van der Waals surface area contributed by atoms with Gasteiger partial charge in [-0.2, -0.15) is 4.99 Å². The molecule has 1 saturated heterocycles. The largest absolute Gasteiger partial charge is 0.497 e. The monoisotopic (exact) mass is 439 g/mol. The molecule has 31 heavy (non-hydrogen) atoms. The normalized spacial score (nSPS) is 17.7. The van der Waals surface area contributed by atoms with Gasteiger partial charge in [0, 0.05) is 31.9 Å². The molecule has 2 aromatic rings. The Hall–Kier alpha value is -3.13. The number of carbonyl (C=O) groups excluding carboxylic acids is 1. The number of thioether (sulfide) groups is 1. The lowest BCUT2D eigenvalue weighted by atomic mass is 10.2. The molecule has 4 rings (SSSR count). The topological polar surface area (TPSA) is 63.6 Å². The first kappa shape index (κ1) is 21.1. The van der Waals surface area contributed by atoms with Crippen molar-refractivity contribution in [3.05, 3.63) is 52.9 Å². The van der Waals surface area contributed by atoms with Crippen LogP contribution in [0.5, 0.6) is 17.2 Å². The zero-order valence-corrected chi connectivity index (χ0v) is 18.6. The second kappa shape index (κ2) is 9.34. The molecule has 2 aromatic carbocycles. The summed E-state index contributed by atoms with van der Waals surface area (Å²) in [5.41, 5.74) is 2.04. The first-order chi connectivity index (χ1) is 15.1. The number of ether oxygens (including phenoxy) is 3. The van der Waals surface area contributed by atoms with Crippen LogP contribution >= 0.6 is 11.8 Å². The Bertz CT molecular complexity index is 1010. The highest BCUT2D eigenvalue weighted by Gasteiger charge is 2.28. The Morgan fingerprint density at radius 1 is 0.871 bits per heavy atom. The fourth-order valence-corrected chi connectivity index (χ4v) is 4.54. The molecule has 7 nitrogen and oxygen atoms in total. The van der Waals surface area contributed by atoms with Crippen LogP contribution < -0.4 is 19.1 Å². The molecule has 162 valence electrons. The molecule has 0 N–H and O–H groups in total. The van der Waals surface area contributed by atoms with Crippen LogP contribution in [0.4, 0.5) is 5.69 Å². The van der Waals surface area contributed by atoms with Gasteiger partial charge in [0.25, 0.3) is 5.91 Å². The SMILES string of the molecule is COc1ccc(N2CCN(C3=NC(=O)/C(=C/c4ccc(OC)c(OC)c4)S3)CC2)cc1. The smallest absolute Gasteiger partial charge is 0.286 e. The lowest BCUT2D eigenvalue weighted by Gasteiger charge is -2.36. The van der Waals surface area contributed by atoms with Gasteiger partial charge in [-0.25, -0.2) is 0 Å². The maximum Gasteiger partial charge on any atom is 0.286 e. The quantitative estimate of drug-likeness (QED) is 0.661. The van der Waals surface area contributed by atoms with Crippen molar-refractivity contribution in [3.63, 3.8) is 0 Å². The summed E-state index contributed by atoms with van der Waals surface area (Å²) >= 11 is 1.43. The molecule has 0 aromatic heterocycles. The Balaban J connectivity index is 1.39. The van der Waals surface area contributed by atoms with Crippen LogP contribution in [0.15, 0.2) is 52.4 Å². The molecule has 2 aliphatic heterocycles. The van der Waals surface area contributed by atoms with E-state index < -0.39 is 0 Å². The van der Waals surface area contributed by atoms with Crippen LogP contribution in [0.2, 0.25) is 0 Å². The number of amidine groups is 1. The fraction of sp³-hybridized carbons (Fsp3) is 0.304. The van der Waals surface area contributed by atoms with Crippen LogP contribution in [0.25, 0.3) is 6.08 Å². The summed E-state index contributed by atoms with van der Waals surface area (Å²) < 4.78 is 15.9. The Labute approximate surface area is 186 Å². The maximum absolute atomic E-state index is 12.5. The number of aliphatic imine (C=N–C) groups is 1. The maximum atomic E-state index is 12.5. The van der Waals surface area contributed by atoms with Gasteiger partial charge in [0.2, 0.25) is 0 Å². The van der Waals surface area contributed by atoms with Crippen molar-refractivity contribution in [2.45, 2.75) is 0 Å². The Morgan fingerprint density at radius 2 is 1.55 bits per heavy atom. The molecular formula is C23H25N3O4S. The summed E-state index contributed by atoms with van der Waals surface area (Å²) in [6.07, 6.45) is 1.85. The van der Waals surface area contributed by atoms with E-state index >= 15 is 0 Å². The van der Waals surface area contributed by atoms with Crippen LogP contribution in [0, 0.1) is 0 Å². The van der Waals surface area contributed by atoms with Gasteiger partial charge < -0.3 is 24.0 Å². The standard InChI is InChI=1S/C23H25N3O4S/c1-28-18-7-5-17(6-8-18)25-10-12-26(13-11-25)23-24-22(27)21(31-23)15-16-4-9-19(29-2)20(14-16)30-3/h4-9,14-15H,10-13H2,1-3H3/b21-15-. The second-order valence-electron chi connectivity index (χ2n) is 7.10. The van der Waals surface area contributed by atoms with Crippen molar-refractivity contribution in [1.82, 2.24) is 4.90 Å². The van der Waals surface area contributed by atoms with E-state index in [0.717, 1.165) is 42.7 Å². The molecule has 0 bridgehead atoms. The van der Waals surface area contributed by atoms with E-state index in [1.54, 1.807) is 21.3 Å². The third-order valence-corrected chi connectivity index (χ3v) is 6.35. The average molecular weight is 440 g/mol. The van der Waals surface area contributed by atoms with Crippen molar-refractivity contribution in [1.29, 1.82) is 0 Å². The molecule has 0 spiro atoms. The second-order valence-corrected chi connectivity index (χ2v) is 8.11. The lowest BCUT2D eigenvalue weighted by molar-refractivity contribution is -0.113. The molecule has 0 saturated carbocycles. The number of rotatable bonds is 5. The molecule has 2 heterocycles. The molecular weight excluding hydrogens is 414 g/mol. The molecule has 0 aliphatic carbocycles. The summed E-state index contributed by atoms with van der Waals surface area (Å²) in [5, 5.41) is 0.770. The number of nitrogens with zero attached hydrogens (tertiary/aromatic N) is 3. The number of amides is 1. The number of carbonyl (C=O) groups is 1. The number of anilines is 1. The van der Waals surface area contributed by atoms with E-state index in [2.05, 4.69) is 26.9 Å². The highest BCUT2D eigenvalue weighted by molar-refractivity contribution is 8.18. The van der Waals surface area contributed by atoms with Gasteiger partial charge in [-0.1, -0.05) is 6.07 Å². The van der Waals surface area contributed by atoms with E-state index in [4.69, 9.17) is 14.2 Å². The lowest BCUT2D eigenvalue weighted by Crippen LogP contribution is -2.47. The average Bonchev–Trinajstić information content (AvgIpc) is 3.19. The van der Waals surface area contributed by atoms with Gasteiger partial charge in [0.15, 0.2) is 16.7 Å². The zero-order valence-electron chi connectivity index (χ0n) is 17.8. The molecule has 8 heteroatoms. The third-order valence-electron chi connectivity index (χ3n) is 5.30. The van der Waals surface area contributed by atoms with E-state index in [1.807, 2.05) is 36.4 Å². The van der Waals surface area contributed by atoms with Gasteiger partial charge in [-0.05, 0) is 59.8 Å². The fourth-order valence-electron chi connectivity index (χ4n) is 3.58. The number of benzene rings is 2. The molecule has 2 aliphatic rings. The van der Waals surface area contributed by atoms with Gasteiger partial charge in [0.1, 0.15) is 5.75 Å². The predicted molar refractivity (Wildman–Crippen MR) is 124 cm³/mol. The van der Waals surface area contributed by atoms with Crippen molar-refractivity contribution in [2.24, 2.45) is 4.99 Å². The molecule has 0 atom stereocenters. The minimum absolute atomic E-state index is 0.202. The van der Waals surface area contributed by atoms with Crippen molar-refractivity contribution in [3.8, 4) is 17.2 Å². The van der Waals surface area contributed by atoms with Crippen molar-refractivity contribution in [2.75, 3.05) is 52.4 Å². The van der Waals surface area contributed by atoms with Gasteiger partial charge in [-0.3, -0.25) is 4.79 Å².